The molecule has 1 aliphatic rings. The van der Waals surface area contributed by atoms with E-state index in [1.54, 1.807) is 18.9 Å². The molecule has 0 saturated heterocycles. The summed E-state index contributed by atoms with van der Waals surface area (Å²) in [7, 11) is 1.69. The van der Waals surface area contributed by atoms with Gasteiger partial charge in [-0.3, -0.25) is 15.8 Å². The van der Waals surface area contributed by atoms with Crippen LogP contribution >= 0.6 is 11.8 Å². The predicted molar refractivity (Wildman–Crippen MR) is 86.5 cm³/mol. The molecule has 5 heteroatoms. The molecule has 0 saturated carbocycles. The first-order valence-corrected chi connectivity index (χ1v) is 7.51. The number of methoxy groups -OCH3 is 1. The molecule has 20 heavy (non-hydrogen) atoms. The number of aryl methyl sites for hydroxylation is 2. The molecule has 0 radical (unpaired) electrons. The van der Waals surface area contributed by atoms with Crippen LogP contribution in [0.5, 0.6) is 0 Å². The molecule has 0 bridgehead atoms. The fraction of sp³-hybridized carbons (Fsp3) is 0.400. The minimum absolute atomic E-state index is 0.147. The first kappa shape index (κ1) is 14.9. The van der Waals surface area contributed by atoms with Crippen LogP contribution in [0.25, 0.3) is 5.70 Å². The number of nitrogens with one attached hydrogen (secondary N) is 2. The van der Waals surface area contributed by atoms with Crippen LogP contribution in [0, 0.1) is 13.8 Å². The number of hydrogen-bond donors (Lipinski definition) is 2. The second kappa shape index (κ2) is 6.81. The smallest absolute Gasteiger partial charge is 0.180 e. The van der Waals surface area contributed by atoms with Crippen LogP contribution in [0.1, 0.15) is 23.6 Å². The fourth-order valence-corrected chi connectivity index (χ4v) is 2.66. The highest BCUT2D eigenvalue weighted by Crippen LogP contribution is 2.22. The summed E-state index contributed by atoms with van der Waals surface area (Å²) < 4.78 is 5.08. The number of nitrogens with zero attached hydrogens (tertiary/aromatic N) is 1. The van der Waals surface area contributed by atoms with Gasteiger partial charge in [0.15, 0.2) is 5.17 Å². The van der Waals surface area contributed by atoms with Crippen molar-refractivity contribution in [3.8, 4) is 0 Å². The van der Waals surface area contributed by atoms with Gasteiger partial charge in [0, 0.05) is 18.1 Å². The zero-order valence-electron chi connectivity index (χ0n) is 12.4. The standard InChI is InChI=1S/C15H21N3OS/c1-10-5-6-13(7-11(10)2)14-9-20-15(18-17-14)16-12(3)8-19-4/h5-7,9,12,17H,8H2,1-4H3,(H,16,18)/t12-/m0/s1. The highest BCUT2D eigenvalue weighted by atomic mass is 32.2. The maximum atomic E-state index is 5.08. The van der Waals surface area contributed by atoms with Crippen molar-refractivity contribution >= 4 is 22.6 Å². The van der Waals surface area contributed by atoms with E-state index in [0.717, 1.165) is 10.9 Å². The number of aliphatic imine (C=N–C) groups is 1. The molecule has 1 atom stereocenters. The fourth-order valence-electron chi connectivity index (χ4n) is 1.88. The predicted octanol–water partition coefficient (Wildman–Crippen LogP) is 2.83. The zero-order valence-corrected chi connectivity index (χ0v) is 13.2. The SMILES string of the molecule is COC[C@H](C)N=C1NNC(c2ccc(C)c(C)c2)=CS1. The number of amidine groups is 1. The van der Waals surface area contributed by atoms with Gasteiger partial charge in [0.25, 0.3) is 0 Å². The molecular formula is C15H21N3OS. The molecule has 0 amide bonds. The van der Waals surface area contributed by atoms with Crippen molar-refractivity contribution in [2.45, 2.75) is 26.8 Å². The molecule has 108 valence electrons. The lowest BCUT2D eigenvalue weighted by Crippen LogP contribution is -2.37. The van der Waals surface area contributed by atoms with Crippen LogP contribution in [0.4, 0.5) is 0 Å². The number of hydrazine groups is 1. The summed E-state index contributed by atoms with van der Waals surface area (Å²) in [5, 5.41) is 2.95. The van der Waals surface area contributed by atoms with Gasteiger partial charge in [-0.2, -0.15) is 0 Å². The van der Waals surface area contributed by atoms with E-state index in [1.165, 1.54) is 16.7 Å². The summed E-state index contributed by atoms with van der Waals surface area (Å²) in [6.07, 6.45) is 0. The number of hydrogen-bond acceptors (Lipinski definition) is 4. The number of thioether (sulfide) groups is 1. The van der Waals surface area contributed by atoms with Crippen molar-refractivity contribution in [2.75, 3.05) is 13.7 Å². The summed E-state index contributed by atoms with van der Waals surface area (Å²) in [6.45, 7) is 6.90. The van der Waals surface area contributed by atoms with Crippen LogP contribution in [-0.2, 0) is 4.74 Å². The Morgan fingerprint density at radius 1 is 1.25 bits per heavy atom. The topological polar surface area (TPSA) is 45.6 Å². The summed E-state index contributed by atoms with van der Waals surface area (Å²) in [4.78, 5) is 4.52. The van der Waals surface area contributed by atoms with Gasteiger partial charge in [-0.1, -0.05) is 23.9 Å². The molecule has 4 nitrogen and oxygen atoms in total. The summed E-state index contributed by atoms with van der Waals surface area (Å²) >= 11 is 1.59. The van der Waals surface area contributed by atoms with Crippen molar-refractivity contribution in [1.29, 1.82) is 0 Å². The van der Waals surface area contributed by atoms with Crippen LogP contribution in [0.3, 0.4) is 0 Å². The van der Waals surface area contributed by atoms with Crippen molar-refractivity contribution in [1.82, 2.24) is 10.9 Å². The maximum absolute atomic E-state index is 5.08. The van der Waals surface area contributed by atoms with E-state index in [9.17, 15) is 0 Å². The van der Waals surface area contributed by atoms with Crippen molar-refractivity contribution in [2.24, 2.45) is 4.99 Å². The maximum Gasteiger partial charge on any atom is 0.180 e. The number of ether oxygens (including phenoxy) is 1. The lowest BCUT2D eigenvalue weighted by atomic mass is 10.1. The van der Waals surface area contributed by atoms with Gasteiger partial charge in [-0.05, 0) is 38.0 Å². The number of rotatable bonds is 4. The summed E-state index contributed by atoms with van der Waals surface area (Å²) in [5.41, 5.74) is 11.2. The molecule has 2 rings (SSSR count). The Kier molecular flexibility index (Phi) is 5.09. The molecule has 0 aliphatic carbocycles. The molecule has 0 spiro atoms. The molecule has 1 heterocycles. The quantitative estimate of drug-likeness (QED) is 0.895. The van der Waals surface area contributed by atoms with Crippen LogP contribution in [0.15, 0.2) is 28.6 Å². The van der Waals surface area contributed by atoms with Crippen LogP contribution < -0.4 is 10.9 Å². The highest BCUT2D eigenvalue weighted by molar-refractivity contribution is 8.16. The van der Waals surface area contributed by atoms with Gasteiger partial charge >= 0.3 is 0 Å². The van der Waals surface area contributed by atoms with Crippen molar-refractivity contribution < 1.29 is 4.74 Å². The monoisotopic (exact) mass is 291 g/mol. The summed E-state index contributed by atoms with van der Waals surface area (Å²) in [6, 6.07) is 6.60. The average Bonchev–Trinajstić information content (AvgIpc) is 2.43. The highest BCUT2D eigenvalue weighted by Gasteiger charge is 2.11. The van der Waals surface area contributed by atoms with E-state index in [0.29, 0.717) is 6.61 Å². The Hall–Kier alpha value is -1.46. The Morgan fingerprint density at radius 3 is 2.65 bits per heavy atom. The minimum Gasteiger partial charge on any atom is -0.382 e. The van der Waals surface area contributed by atoms with Crippen LogP contribution in [-0.4, -0.2) is 24.9 Å². The van der Waals surface area contributed by atoms with E-state index < -0.39 is 0 Å². The third-order valence-electron chi connectivity index (χ3n) is 3.16. The molecule has 1 aromatic carbocycles. The summed E-state index contributed by atoms with van der Waals surface area (Å²) in [5.74, 6) is 0. The Balaban J connectivity index is 2.07. The van der Waals surface area contributed by atoms with E-state index in [4.69, 9.17) is 4.74 Å². The Morgan fingerprint density at radius 2 is 2.05 bits per heavy atom. The van der Waals surface area contributed by atoms with Gasteiger partial charge in [0.2, 0.25) is 0 Å². The molecule has 2 N–H and O–H groups in total. The molecule has 0 fully saturated rings. The molecular weight excluding hydrogens is 270 g/mol. The van der Waals surface area contributed by atoms with Crippen LogP contribution in [0.2, 0.25) is 0 Å². The molecule has 1 aromatic rings. The Bertz CT molecular complexity index is 540. The largest absolute Gasteiger partial charge is 0.382 e. The van der Waals surface area contributed by atoms with E-state index in [2.05, 4.69) is 53.3 Å². The zero-order chi connectivity index (χ0) is 14.5. The van der Waals surface area contributed by atoms with Crippen molar-refractivity contribution in [3.05, 3.63) is 40.3 Å². The lowest BCUT2D eigenvalue weighted by molar-refractivity contribution is 0.186. The first-order chi connectivity index (χ1) is 9.60. The van der Waals surface area contributed by atoms with Crippen molar-refractivity contribution in [3.63, 3.8) is 0 Å². The first-order valence-electron chi connectivity index (χ1n) is 6.63. The van der Waals surface area contributed by atoms with Gasteiger partial charge in [-0.15, -0.1) is 0 Å². The lowest BCUT2D eigenvalue weighted by Gasteiger charge is -2.20. The van der Waals surface area contributed by atoms with E-state index in [-0.39, 0.29) is 6.04 Å². The molecule has 1 aliphatic heterocycles. The Labute approximate surface area is 124 Å². The van der Waals surface area contributed by atoms with Gasteiger partial charge < -0.3 is 4.74 Å². The van der Waals surface area contributed by atoms with Gasteiger partial charge in [0.1, 0.15) is 0 Å². The van der Waals surface area contributed by atoms with Gasteiger partial charge in [-0.25, -0.2) is 0 Å². The number of benzene rings is 1. The van der Waals surface area contributed by atoms with E-state index >= 15 is 0 Å². The second-order valence-corrected chi connectivity index (χ2v) is 5.80. The average molecular weight is 291 g/mol. The third kappa shape index (κ3) is 3.77. The minimum atomic E-state index is 0.147. The van der Waals surface area contributed by atoms with E-state index in [1.807, 2.05) is 6.92 Å². The second-order valence-electron chi connectivity index (χ2n) is 4.94. The normalized spacial score (nSPS) is 18.2. The third-order valence-corrected chi connectivity index (χ3v) is 3.94. The van der Waals surface area contributed by atoms with Gasteiger partial charge in [0.05, 0.1) is 18.3 Å². The molecule has 0 unspecified atom stereocenters. The molecule has 0 aromatic heterocycles.